The summed E-state index contributed by atoms with van der Waals surface area (Å²) >= 11 is 0. The standard InChI is InChI=1S/C10H16O3/c1-2-3-5-10(9(11)12)6-4-7-13-8-10/h2-3H,4-8H2,1H3,(H,11,12)/b3-2+. The number of hydrogen-bond acceptors (Lipinski definition) is 2. The van der Waals surface area contributed by atoms with Crippen LogP contribution in [0.3, 0.4) is 0 Å². The van der Waals surface area contributed by atoms with Gasteiger partial charge in [-0.15, -0.1) is 0 Å². The van der Waals surface area contributed by atoms with E-state index >= 15 is 0 Å². The van der Waals surface area contributed by atoms with E-state index in [9.17, 15) is 4.79 Å². The van der Waals surface area contributed by atoms with Crippen LogP contribution < -0.4 is 0 Å². The first-order valence-electron chi connectivity index (χ1n) is 4.63. The van der Waals surface area contributed by atoms with E-state index in [-0.39, 0.29) is 0 Å². The van der Waals surface area contributed by atoms with Gasteiger partial charge < -0.3 is 9.84 Å². The Hall–Kier alpha value is -0.830. The highest BCUT2D eigenvalue weighted by molar-refractivity contribution is 5.75. The van der Waals surface area contributed by atoms with Gasteiger partial charge in [0.05, 0.1) is 12.0 Å². The number of carbonyl (C=O) groups is 1. The lowest BCUT2D eigenvalue weighted by molar-refractivity contribution is -0.157. The van der Waals surface area contributed by atoms with Gasteiger partial charge in [0.15, 0.2) is 0 Å². The minimum Gasteiger partial charge on any atom is -0.481 e. The van der Waals surface area contributed by atoms with E-state index in [2.05, 4.69) is 0 Å². The third-order valence-electron chi connectivity index (χ3n) is 2.52. The second-order valence-corrected chi connectivity index (χ2v) is 3.51. The van der Waals surface area contributed by atoms with E-state index in [4.69, 9.17) is 9.84 Å². The van der Waals surface area contributed by atoms with Gasteiger partial charge in [-0.1, -0.05) is 12.2 Å². The number of carboxylic acid groups (broad SMARTS) is 1. The molecule has 1 unspecified atom stereocenters. The fourth-order valence-corrected chi connectivity index (χ4v) is 1.61. The Morgan fingerprint density at radius 1 is 1.69 bits per heavy atom. The Morgan fingerprint density at radius 3 is 2.92 bits per heavy atom. The lowest BCUT2D eigenvalue weighted by Gasteiger charge is -2.31. The Balaban J connectivity index is 2.67. The maximum Gasteiger partial charge on any atom is 0.312 e. The highest BCUT2D eigenvalue weighted by atomic mass is 16.5. The molecule has 0 saturated carbocycles. The first-order valence-corrected chi connectivity index (χ1v) is 4.63. The second kappa shape index (κ2) is 4.42. The fourth-order valence-electron chi connectivity index (χ4n) is 1.61. The summed E-state index contributed by atoms with van der Waals surface area (Å²) < 4.78 is 5.23. The minimum atomic E-state index is -0.731. The molecule has 0 spiro atoms. The van der Waals surface area contributed by atoms with Crippen LogP contribution in [-0.2, 0) is 9.53 Å². The summed E-state index contributed by atoms with van der Waals surface area (Å²) in [6.45, 7) is 2.96. The summed E-state index contributed by atoms with van der Waals surface area (Å²) in [5.74, 6) is -0.731. The van der Waals surface area contributed by atoms with Crippen LogP contribution in [0.4, 0.5) is 0 Å². The molecule has 0 radical (unpaired) electrons. The Bertz CT molecular complexity index is 202. The topological polar surface area (TPSA) is 46.5 Å². The molecule has 13 heavy (non-hydrogen) atoms. The van der Waals surface area contributed by atoms with Crippen molar-refractivity contribution in [1.82, 2.24) is 0 Å². The summed E-state index contributed by atoms with van der Waals surface area (Å²) in [4.78, 5) is 11.1. The molecule has 1 heterocycles. The van der Waals surface area contributed by atoms with E-state index in [1.807, 2.05) is 19.1 Å². The SMILES string of the molecule is C/C=C/CC1(C(=O)O)CCCOC1. The first-order chi connectivity index (χ1) is 6.21. The van der Waals surface area contributed by atoms with Gasteiger partial charge in [-0.3, -0.25) is 4.79 Å². The number of allylic oxidation sites excluding steroid dienone is 2. The summed E-state index contributed by atoms with van der Waals surface area (Å²) in [6.07, 6.45) is 5.96. The van der Waals surface area contributed by atoms with Crippen molar-refractivity contribution >= 4 is 5.97 Å². The minimum absolute atomic E-state index is 0.354. The van der Waals surface area contributed by atoms with Crippen molar-refractivity contribution in [3.63, 3.8) is 0 Å². The van der Waals surface area contributed by atoms with Crippen LogP contribution in [0.25, 0.3) is 0 Å². The van der Waals surface area contributed by atoms with Gasteiger partial charge in [0.1, 0.15) is 0 Å². The van der Waals surface area contributed by atoms with Crippen LogP contribution >= 0.6 is 0 Å². The zero-order valence-corrected chi connectivity index (χ0v) is 7.95. The van der Waals surface area contributed by atoms with Gasteiger partial charge in [-0.05, 0) is 26.2 Å². The van der Waals surface area contributed by atoms with Crippen molar-refractivity contribution in [3.05, 3.63) is 12.2 Å². The van der Waals surface area contributed by atoms with Crippen molar-refractivity contribution in [3.8, 4) is 0 Å². The maximum absolute atomic E-state index is 11.1. The lowest BCUT2D eigenvalue weighted by Crippen LogP contribution is -2.38. The number of carboxylic acids is 1. The molecule has 1 saturated heterocycles. The maximum atomic E-state index is 11.1. The first kappa shape index (κ1) is 10.3. The summed E-state index contributed by atoms with van der Waals surface area (Å²) in [5, 5.41) is 9.10. The molecule has 0 bridgehead atoms. The van der Waals surface area contributed by atoms with Gasteiger partial charge in [0.25, 0.3) is 0 Å². The second-order valence-electron chi connectivity index (χ2n) is 3.51. The van der Waals surface area contributed by atoms with E-state index in [0.717, 1.165) is 12.8 Å². The van der Waals surface area contributed by atoms with Gasteiger partial charge >= 0.3 is 5.97 Å². The summed E-state index contributed by atoms with van der Waals surface area (Å²) in [7, 11) is 0. The summed E-state index contributed by atoms with van der Waals surface area (Å²) in [6, 6.07) is 0. The van der Waals surface area contributed by atoms with Gasteiger partial charge in [-0.2, -0.15) is 0 Å². The van der Waals surface area contributed by atoms with Crippen molar-refractivity contribution in [2.24, 2.45) is 5.41 Å². The quantitative estimate of drug-likeness (QED) is 0.681. The zero-order chi connectivity index (χ0) is 9.73. The molecule has 0 aromatic rings. The molecule has 1 aliphatic heterocycles. The van der Waals surface area contributed by atoms with Crippen LogP contribution in [-0.4, -0.2) is 24.3 Å². The molecule has 1 atom stereocenters. The normalized spacial score (nSPS) is 29.3. The number of rotatable bonds is 3. The average Bonchev–Trinajstić information content (AvgIpc) is 2.16. The van der Waals surface area contributed by atoms with E-state index < -0.39 is 11.4 Å². The zero-order valence-electron chi connectivity index (χ0n) is 7.95. The molecule has 1 rings (SSSR count). The van der Waals surface area contributed by atoms with Crippen molar-refractivity contribution in [2.75, 3.05) is 13.2 Å². The summed E-state index contributed by atoms with van der Waals surface area (Å²) in [5.41, 5.74) is -0.662. The lowest BCUT2D eigenvalue weighted by atomic mass is 9.79. The van der Waals surface area contributed by atoms with Gasteiger partial charge in [-0.25, -0.2) is 0 Å². The van der Waals surface area contributed by atoms with E-state index in [1.165, 1.54) is 0 Å². The molecule has 3 heteroatoms. The molecule has 1 aliphatic rings. The number of aliphatic carboxylic acids is 1. The van der Waals surface area contributed by atoms with Crippen LogP contribution in [0, 0.1) is 5.41 Å². The van der Waals surface area contributed by atoms with Crippen LogP contribution in [0.2, 0.25) is 0 Å². The van der Waals surface area contributed by atoms with Gasteiger partial charge in [0.2, 0.25) is 0 Å². The van der Waals surface area contributed by atoms with Crippen molar-refractivity contribution < 1.29 is 14.6 Å². The monoisotopic (exact) mass is 184 g/mol. The predicted octanol–water partition coefficient (Wildman–Crippen LogP) is 1.83. The molecule has 0 aromatic carbocycles. The van der Waals surface area contributed by atoms with Crippen LogP contribution in [0.15, 0.2) is 12.2 Å². The average molecular weight is 184 g/mol. The van der Waals surface area contributed by atoms with E-state index in [0.29, 0.717) is 19.6 Å². The fraction of sp³-hybridized carbons (Fsp3) is 0.700. The Kier molecular flexibility index (Phi) is 3.48. The molecule has 0 aliphatic carbocycles. The largest absolute Gasteiger partial charge is 0.481 e. The van der Waals surface area contributed by atoms with Gasteiger partial charge in [0, 0.05) is 6.61 Å². The third-order valence-corrected chi connectivity index (χ3v) is 2.52. The third kappa shape index (κ3) is 2.31. The van der Waals surface area contributed by atoms with Crippen molar-refractivity contribution in [2.45, 2.75) is 26.2 Å². The number of ether oxygens (including phenoxy) is 1. The van der Waals surface area contributed by atoms with E-state index in [1.54, 1.807) is 0 Å². The Morgan fingerprint density at radius 2 is 2.46 bits per heavy atom. The molecular weight excluding hydrogens is 168 g/mol. The molecule has 1 fully saturated rings. The highest BCUT2D eigenvalue weighted by Gasteiger charge is 2.39. The smallest absolute Gasteiger partial charge is 0.312 e. The highest BCUT2D eigenvalue weighted by Crippen LogP contribution is 2.32. The molecule has 0 aromatic heterocycles. The molecule has 1 N–H and O–H groups in total. The van der Waals surface area contributed by atoms with Crippen molar-refractivity contribution in [1.29, 1.82) is 0 Å². The Labute approximate surface area is 78.4 Å². The molecule has 74 valence electrons. The van der Waals surface area contributed by atoms with Crippen LogP contribution in [0.5, 0.6) is 0 Å². The molecular formula is C10H16O3. The molecule has 0 amide bonds. The van der Waals surface area contributed by atoms with Crippen LogP contribution in [0.1, 0.15) is 26.2 Å². The number of hydrogen-bond donors (Lipinski definition) is 1. The predicted molar refractivity (Wildman–Crippen MR) is 49.6 cm³/mol. The molecule has 3 nitrogen and oxygen atoms in total.